The number of hydrogen-bond donors (Lipinski definition) is 1. The number of rotatable bonds is 1. The SMILES string of the molecule is O=C1/C(=C/c2c(F)cccc2Cl)SC2Nc3ccccc3N12. The molecule has 0 radical (unpaired) electrons. The molecule has 110 valence electrons. The Balaban J connectivity index is 1.74. The van der Waals surface area contributed by atoms with Crippen LogP contribution in [0.2, 0.25) is 5.02 Å². The van der Waals surface area contributed by atoms with Gasteiger partial charge < -0.3 is 5.32 Å². The summed E-state index contributed by atoms with van der Waals surface area (Å²) in [6.07, 6.45) is 1.52. The largest absolute Gasteiger partial charge is 0.354 e. The number of halogens is 2. The highest BCUT2D eigenvalue weighted by Gasteiger charge is 2.42. The van der Waals surface area contributed by atoms with E-state index in [0.717, 1.165) is 11.4 Å². The first-order chi connectivity index (χ1) is 10.6. The molecule has 1 atom stereocenters. The first kappa shape index (κ1) is 13.7. The van der Waals surface area contributed by atoms with E-state index in [2.05, 4.69) is 5.32 Å². The van der Waals surface area contributed by atoms with Gasteiger partial charge in [-0.25, -0.2) is 4.39 Å². The lowest BCUT2D eigenvalue weighted by Gasteiger charge is -2.12. The molecule has 2 heterocycles. The first-order valence-corrected chi connectivity index (χ1v) is 7.92. The molecule has 1 unspecified atom stereocenters. The Morgan fingerprint density at radius 1 is 1.23 bits per heavy atom. The second-order valence-electron chi connectivity index (χ2n) is 4.95. The zero-order chi connectivity index (χ0) is 15.3. The van der Waals surface area contributed by atoms with Gasteiger partial charge in [0.05, 0.1) is 21.3 Å². The van der Waals surface area contributed by atoms with Crippen molar-refractivity contribution < 1.29 is 9.18 Å². The Morgan fingerprint density at radius 3 is 2.86 bits per heavy atom. The summed E-state index contributed by atoms with van der Waals surface area (Å²) in [6, 6.07) is 12.1. The second kappa shape index (κ2) is 5.04. The number of benzene rings is 2. The Bertz CT molecular complexity index is 803. The van der Waals surface area contributed by atoms with E-state index in [-0.39, 0.29) is 17.0 Å². The molecule has 6 heteroatoms. The van der Waals surface area contributed by atoms with Gasteiger partial charge in [-0.2, -0.15) is 0 Å². The zero-order valence-corrected chi connectivity index (χ0v) is 12.8. The molecule has 3 nitrogen and oxygen atoms in total. The number of thioether (sulfide) groups is 1. The van der Waals surface area contributed by atoms with Crippen molar-refractivity contribution >= 4 is 46.7 Å². The van der Waals surface area contributed by atoms with Crippen molar-refractivity contribution in [2.45, 2.75) is 5.50 Å². The maximum Gasteiger partial charge on any atom is 0.267 e. The van der Waals surface area contributed by atoms with E-state index in [9.17, 15) is 9.18 Å². The molecule has 0 bridgehead atoms. The fraction of sp³-hybridized carbons (Fsp3) is 0.0625. The fourth-order valence-electron chi connectivity index (χ4n) is 2.59. The number of nitrogens with zero attached hydrogens (tertiary/aromatic N) is 1. The van der Waals surface area contributed by atoms with Crippen molar-refractivity contribution in [1.29, 1.82) is 0 Å². The molecule has 0 aliphatic carbocycles. The van der Waals surface area contributed by atoms with Crippen molar-refractivity contribution in [3.05, 3.63) is 63.8 Å². The molecule has 0 saturated carbocycles. The van der Waals surface area contributed by atoms with Gasteiger partial charge in [-0.1, -0.05) is 41.6 Å². The van der Waals surface area contributed by atoms with Crippen LogP contribution in [0.5, 0.6) is 0 Å². The highest BCUT2D eigenvalue weighted by Crippen LogP contribution is 2.47. The average Bonchev–Trinajstić information content (AvgIpc) is 3.00. The molecule has 1 saturated heterocycles. The molecule has 0 spiro atoms. The molecular formula is C16H10ClFN2OS. The molecule has 2 aliphatic rings. The molecule has 0 aromatic heterocycles. The third kappa shape index (κ3) is 2.01. The van der Waals surface area contributed by atoms with Crippen LogP contribution >= 0.6 is 23.4 Å². The molecule has 1 N–H and O–H groups in total. The smallest absolute Gasteiger partial charge is 0.267 e. The summed E-state index contributed by atoms with van der Waals surface area (Å²) >= 11 is 7.38. The molecule has 1 amide bonds. The van der Waals surface area contributed by atoms with Crippen LogP contribution in [0, 0.1) is 5.82 Å². The number of anilines is 2. The lowest BCUT2D eigenvalue weighted by Crippen LogP contribution is -2.31. The number of carbonyl (C=O) groups excluding carboxylic acids is 1. The third-order valence-corrected chi connectivity index (χ3v) is 5.05. The lowest BCUT2D eigenvalue weighted by atomic mass is 10.2. The second-order valence-corrected chi connectivity index (χ2v) is 6.48. The van der Waals surface area contributed by atoms with Gasteiger partial charge in [0.25, 0.3) is 5.91 Å². The number of hydrogen-bond acceptors (Lipinski definition) is 3. The van der Waals surface area contributed by atoms with Gasteiger partial charge in [0.1, 0.15) is 5.82 Å². The summed E-state index contributed by atoms with van der Waals surface area (Å²) in [5.41, 5.74) is 1.82. The quantitative estimate of drug-likeness (QED) is 0.790. The monoisotopic (exact) mass is 332 g/mol. The summed E-state index contributed by atoms with van der Waals surface area (Å²) in [4.78, 5) is 14.8. The molecule has 2 aromatic carbocycles. The van der Waals surface area contributed by atoms with Crippen LogP contribution in [-0.4, -0.2) is 11.4 Å². The molecule has 2 aromatic rings. The highest BCUT2D eigenvalue weighted by atomic mass is 35.5. The van der Waals surface area contributed by atoms with Crippen LogP contribution in [-0.2, 0) is 4.79 Å². The normalized spacial score (nSPS) is 21.0. The van der Waals surface area contributed by atoms with Crippen molar-refractivity contribution in [2.75, 3.05) is 10.2 Å². The number of para-hydroxylation sites is 2. The fourth-order valence-corrected chi connectivity index (χ4v) is 3.94. The molecule has 22 heavy (non-hydrogen) atoms. The van der Waals surface area contributed by atoms with E-state index < -0.39 is 5.82 Å². The average molecular weight is 333 g/mol. The molecule has 2 aliphatic heterocycles. The van der Waals surface area contributed by atoms with Crippen LogP contribution in [0.4, 0.5) is 15.8 Å². The number of amides is 1. The Kier molecular flexibility index (Phi) is 3.13. The van der Waals surface area contributed by atoms with Crippen molar-refractivity contribution in [3.8, 4) is 0 Å². The predicted octanol–water partition coefficient (Wildman–Crippen LogP) is 4.31. The number of nitrogens with one attached hydrogen (secondary N) is 1. The van der Waals surface area contributed by atoms with Gasteiger partial charge >= 0.3 is 0 Å². The maximum absolute atomic E-state index is 13.9. The molecular weight excluding hydrogens is 323 g/mol. The van der Waals surface area contributed by atoms with Crippen molar-refractivity contribution in [2.24, 2.45) is 0 Å². The Hall–Kier alpha value is -1.98. The minimum absolute atomic E-state index is 0.147. The first-order valence-electron chi connectivity index (χ1n) is 6.66. The highest BCUT2D eigenvalue weighted by molar-refractivity contribution is 8.05. The summed E-state index contributed by atoms with van der Waals surface area (Å²) < 4.78 is 13.9. The zero-order valence-electron chi connectivity index (χ0n) is 11.2. The van der Waals surface area contributed by atoms with Gasteiger partial charge in [-0.3, -0.25) is 9.69 Å². The van der Waals surface area contributed by atoms with E-state index in [4.69, 9.17) is 11.6 Å². The Labute approximate surface area is 135 Å². The third-order valence-electron chi connectivity index (χ3n) is 3.62. The van der Waals surface area contributed by atoms with Gasteiger partial charge in [0.15, 0.2) is 5.50 Å². The van der Waals surface area contributed by atoms with E-state index in [1.807, 2.05) is 24.3 Å². The van der Waals surface area contributed by atoms with Crippen molar-refractivity contribution in [3.63, 3.8) is 0 Å². The molecule has 4 rings (SSSR count). The summed E-state index contributed by atoms with van der Waals surface area (Å²) in [5.74, 6) is -0.583. The minimum atomic E-state index is -0.436. The van der Waals surface area contributed by atoms with Crippen LogP contribution in [0.3, 0.4) is 0 Å². The standard InChI is InChI=1S/C16H10ClFN2OS/c17-10-4-3-5-11(18)9(10)8-14-15(21)20-13-7-2-1-6-12(13)19-16(20)22-14/h1-8,16,19H/b14-8-. The van der Waals surface area contributed by atoms with Crippen LogP contribution in [0.1, 0.15) is 5.56 Å². The molecule has 1 fully saturated rings. The number of fused-ring (bicyclic) bond motifs is 3. The van der Waals surface area contributed by atoms with E-state index in [1.54, 1.807) is 17.0 Å². The number of carbonyl (C=O) groups is 1. The van der Waals surface area contributed by atoms with Gasteiger partial charge in [0, 0.05) is 5.56 Å². The van der Waals surface area contributed by atoms with Crippen LogP contribution in [0.25, 0.3) is 6.08 Å². The van der Waals surface area contributed by atoms with Gasteiger partial charge in [0.2, 0.25) is 0 Å². The van der Waals surface area contributed by atoms with E-state index >= 15 is 0 Å². The maximum atomic E-state index is 13.9. The Morgan fingerprint density at radius 2 is 2.05 bits per heavy atom. The minimum Gasteiger partial charge on any atom is -0.354 e. The van der Waals surface area contributed by atoms with E-state index in [1.165, 1.54) is 23.9 Å². The van der Waals surface area contributed by atoms with Gasteiger partial charge in [-0.15, -0.1) is 0 Å². The topological polar surface area (TPSA) is 32.3 Å². The van der Waals surface area contributed by atoms with E-state index in [0.29, 0.717) is 9.93 Å². The lowest BCUT2D eigenvalue weighted by molar-refractivity contribution is -0.114. The van der Waals surface area contributed by atoms with Gasteiger partial charge in [-0.05, 0) is 30.3 Å². The van der Waals surface area contributed by atoms with Crippen molar-refractivity contribution in [1.82, 2.24) is 0 Å². The summed E-state index contributed by atoms with van der Waals surface area (Å²) in [5, 5.41) is 3.57. The summed E-state index contributed by atoms with van der Waals surface area (Å²) in [6.45, 7) is 0. The van der Waals surface area contributed by atoms with Crippen LogP contribution in [0.15, 0.2) is 47.4 Å². The summed E-state index contributed by atoms with van der Waals surface area (Å²) in [7, 11) is 0. The predicted molar refractivity (Wildman–Crippen MR) is 88.3 cm³/mol. The van der Waals surface area contributed by atoms with Crippen LogP contribution < -0.4 is 10.2 Å².